The van der Waals surface area contributed by atoms with E-state index in [0.717, 1.165) is 10.2 Å². The Morgan fingerprint density at radius 3 is 2.77 bits per heavy atom. The van der Waals surface area contributed by atoms with E-state index < -0.39 is 11.8 Å². The van der Waals surface area contributed by atoms with Crippen molar-refractivity contribution in [2.24, 2.45) is 0 Å². The van der Waals surface area contributed by atoms with E-state index in [0.29, 0.717) is 38.6 Å². The molecule has 3 heterocycles. The number of benzene rings is 2. The number of ether oxygens (including phenoxy) is 1. The monoisotopic (exact) mass is 557 g/mol. The van der Waals surface area contributed by atoms with Crippen LogP contribution >= 0.6 is 23.1 Å². The first kappa shape index (κ1) is 26.1. The molecule has 0 aliphatic carbocycles. The van der Waals surface area contributed by atoms with Crippen LogP contribution in [0, 0.1) is 11.3 Å². The third kappa shape index (κ3) is 5.67. The van der Waals surface area contributed by atoms with Crippen LogP contribution in [0.25, 0.3) is 10.2 Å². The molecule has 11 heteroatoms. The molecule has 1 aliphatic heterocycles. The number of hydrogen-bond acceptors (Lipinski definition) is 9. The smallest absolute Gasteiger partial charge is 0.256 e. The minimum Gasteiger partial charge on any atom is -0.497 e. The largest absolute Gasteiger partial charge is 0.497 e. The molecular weight excluding hydrogens is 534 g/mol. The van der Waals surface area contributed by atoms with Gasteiger partial charge in [0.25, 0.3) is 5.91 Å². The summed E-state index contributed by atoms with van der Waals surface area (Å²) >= 11 is 2.55. The Morgan fingerprint density at radius 2 is 2.03 bits per heavy atom. The zero-order valence-corrected chi connectivity index (χ0v) is 22.6. The first-order chi connectivity index (χ1) is 19.0. The number of methoxy groups -OCH3 is 1. The second-order valence-corrected chi connectivity index (χ2v) is 10.5. The highest BCUT2D eigenvalue weighted by molar-refractivity contribution is 8.03. The number of nitriles is 1. The van der Waals surface area contributed by atoms with Crippen LogP contribution in [0.15, 0.2) is 93.2 Å². The maximum absolute atomic E-state index is 13.6. The molecule has 0 saturated heterocycles. The minimum atomic E-state index is -0.760. The topological polar surface area (TPSA) is 129 Å². The molecule has 1 atom stereocenters. The van der Waals surface area contributed by atoms with Gasteiger partial charge >= 0.3 is 0 Å². The predicted octanol–water partition coefficient (Wildman–Crippen LogP) is 5.60. The average molecular weight is 558 g/mol. The molecule has 39 heavy (non-hydrogen) atoms. The molecule has 196 valence electrons. The molecule has 0 bridgehead atoms. The number of amides is 2. The van der Waals surface area contributed by atoms with Crippen LogP contribution in [0.4, 0.5) is 10.8 Å². The number of carbonyl (C=O) groups excluding carboxylic acids is 2. The molecule has 0 spiro atoms. The number of carbonyl (C=O) groups is 2. The second kappa shape index (κ2) is 11.5. The Labute approximate surface area is 232 Å². The van der Waals surface area contributed by atoms with Crippen LogP contribution in [0.1, 0.15) is 18.6 Å². The fourth-order valence-electron chi connectivity index (χ4n) is 4.19. The number of hydrogen-bond donors (Lipinski definition) is 3. The van der Waals surface area contributed by atoms with Gasteiger partial charge in [-0.2, -0.15) is 5.26 Å². The first-order valence-electron chi connectivity index (χ1n) is 11.9. The van der Waals surface area contributed by atoms with Crippen molar-refractivity contribution >= 4 is 55.9 Å². The number of furan rings is 1. The third-order valence-corrected chi connectivity index (χ3v) is 7.90. The summed E-state index contributed by atoms with van der Waals surface area (Å²) < 4.78 is 11.8. The van der Waals surface area contributed by atoms with Gasteiger partial charge in [0.05, 0.1) is 57.5 Å². The van der Waals surface area contributed by atoms with E-state index in [4.69, 9.17) is 9.15 Å². The quantitative estimate of drug-likeness (QED) is 0.255. The molecule has 2 aromatic carbocycles. The lowest BCUT2D eigenvalue weighted by Crippen LogP contribution is -2.31. The van der Waals surface area contributed by atoms with Crippen LogP contribution < -0.4 is 20.7 Å². The number of nitrogens with zero attached hydrogens (tertiary/aromatic N) is 2. The fourth-order valence-corrected chi connectivity index (χ4v) is 5.95. The first-order valence-corrected chi connectivity index (χ1v) is 13.7. The molecule has 9 nitrogen and oxygen atoms in total. The molecule has 0 fully saturated rings. The van der Waals surface area contributed by atoms with Crippen LogP contribution in [0.5, 0.6) is 5.75 Å². The highest BCUT2D eigenvalue weighted by Crippen LogP contribution is 2.41. The van der Waals surface area contributed by atoms with Gasteiger partial charge in [0.2, 0.25) is 5.91 Å². The van der Waals surface area contributed by atoms with Gasteiger partial charge in [-0.05, 0) is 43.3 Å². The van der Waals surface area contributed by atoms with Crippen molar-refractivity contribution in [3.8, 4) is 11.8 Å². The molecule has 0 saturated carbocycles. The van der Waals surface area contributed by atoms with Gasteiger partial charge in [0, 0.05) is 17.5 Å². The number of thioether (sulfide) groups is 1. The van der Waals surface area contributed by atoms with E-state index >= 15 is 0 Å². The number of thiazole rings is 1. The van der Waals surface area contributed by atoms with Gasteiger partial charge in [-0.25, -0.2) is 4.98 Å². The van der Waals surface area contributed by atoms with Gasteiger partial charge in [-0.15, -0.1) is 0 Å². The molecule has 5 rings (SSSR count). The van der Waals surface area contributed by atoms with Crippen LogP contribution in [-0.4, -0.2) is 29.7 Å². The fraction of sp³-hybridized carbons (Fsp3) is 0.143. The number of anilines is 2. The summed E-state index contributed by atoms with van der Waals surface area (Å²) in [5, 5.41) is 20.0. The van der Waals surface area contributed by atoms with Gasteiger partial charge in [0.15, 0.2) is 5.13 Å². The molecular formula is C28H23N5O4S2. The molecule has 1 aliphatic rings. The van der Waals surface area contributed by atoms with Gasteiger partial charge in [0.1, 0.15) is 11.5 Å². The van der Waals surface area contributed by atoms with Gasteiger partial charge < -0.3 is 19.8 Å². The summed E-state index contributed by atoms with van der Waals surface area (Å²) in [5.74, 6) is -0.299. The van der Waals surface area contributed by atoms with Crippen molar-refractivity contribution in [1.82, 2.24) is 10.3 Å². The molecule has 3 N–H and O–H groups in total. The van der Waals surface area contributed by atoms with Crippen LogP contribution in [0.3, 0.4) is 0 Å². The summed E-state index contributed by atoms with van der Waals surface area (Å²) in [6, 6.07) is 20.3. The van der Waals surface area contributed by atoms with E-state index in [2.05, 4.69) is 27.0 Å². The summed E-state index contributed by atoms with van der Waals surface area (Å²) in [4.78, 5) is 30.7. The SMILES string of the molecule is COc1cccc(NC(=O)CSC2=C(C#N)[C@H](c3ccco3)C(C(=O)Nc3nc4ccccc4s3)=C(C)N2)c1. The Bertz CT molecular complexity index is 1620. The maximum Gasteiger partial charge on any atom is 0.256 e. The number of allylic oxidation sites excluding steroid dienone is 2. The zero-order valence-electron chi connectivity index (χ0n) is 21.0. The summed E-state index contributed by atoms with van der Waals surface area (Å²) in [6.45, 7) is 1.76. The lowest BCUT2D eigenvalue weighted by Gasteiger charge is -2.28. The van der Waals surface area contributed by atoms with E-state index in [1.807, 2.05) is 24.3 Å². The lowest BCUT2D eigenvalue weighted by molar-refractivity contribution is -0.114. The van der Waals surface area contributed by atoms with Crippen LogP contribution in [0.2, 0.25) is 0 Å². The van der Waals surface area contributed by atoms with Crippen molar-refractivity contribution in [3.63, 3.8) is 0 Å². The number of para-hydroxylation sites is 1. The third-order valence-electron chi connectivity index (χ3n) is 5.94. The minimum absolute atomic E-state index is 0.0378. The molecule has 4 aromatic rings. The van der Waals surface area contributed by atoms with E-state index in [9.17, 15) is 14.9 Å². The number of dihydropyridines is 1. The van der Waals surface area contributed by atoms with Crippen molar-refractivity contribution in [3.05, 3.63) is 94.6 Å². The highest BCUT2D eigenvalue weighted by Gasteiger charge is 2.36. The Kier molecular flexibility index (Phi) is 7.67. The standard InChI is InChI=1S/C28H23N5O4S2/c1-16-24(26(35)33-28-32-20-9-3-4-11-22(20)39-28)25(21-10-6-12-37-21)19(14-29)27(30-16)38-15-23(34)31-17-7-5-8-18(13-17)36-2/h3-13,25,30H,15H2,1-2H3,(H,31,34)(H,32,33,35)/t25-/m1/s1. The molecule has 2 amide bonds. The van der Waals surface area contributed by atoms with Gasteiger partial charge in [-0.1, -0.05) is 41.3 Å². The number of nitrogens with one attached hydrogen (secondary N) is 3. The Morgan fingerprint density at radius 1 is 1.18 bits per heavy atom. The zero-order chi connectivity index (χ0) is 27.4. The predicted molar refractivity (Wildman–Crippen MR) is 152 cm³/mol. The summed E-state index contributed by atoms with van der Waals surface area (Å²) in [5.41, 5.74) is 2.56. The van der Waals surface area contributed by atoms with Crippen molar-refractivity contribution in [2.75, 3.05) is 23.5 Å². The number of fused-ring (bicyclic) bond motifs is 1. The molecule has 0 unspecified atom stereocenters. The van der Waals surface area contributed by atoms with Crippen molar-refractivity contribution in [1.29, 1.82) is 5.26 Å². The van der Waals surface area contributed by atoms with E-state index in [-0.39, 0.29) is 17.2 Å². The number of rotatable bonds is 8. The normalized spacial score (nSPS) is 15.1. The number of aromatic nitrogens is 1. The average Bonchev–Trinajstić information content (AvgIpc) is 3.61. The summed E-state index contributed by atoms with van der Waals surface area (Å²) in [7, 11) is 1.56. The highest BCUT2D eigenvalue weighted by atomic mass is 32.2. The van der Waals surface area contributed by atoms with Crippen molar-refractivity contribution in [2.45, 2.75) is 12.8 Å². The Hall–Kier alpha value is -4.53. The van der Waals surface area contributed by atoms with Crippen LogP contribution in [-0.2, 0) is 9.59 Å². The Balaban J connectivity index is 1.38. The molecule has 0 radical (unpaired) electrons. The molecule has 2 aromatic heterocycles. The van der Waals surface area contributed by atoms with Gasteiger partial charge in [-0.3, -0.25) is 14.9 Å². The van der Waals surface area contributed by atoms with Crippen molar-refractivity contribution < 1.29 is 18.7 Å². The second-order valence-electron chi connectivity index (χ2n) is 8.48. The lowest BCUT2D eigenvalue weighted by atomic mass is 9.85. The van der Waals surface area contributed by atoms with E-state index in [1.54, 1.807) is 50.4 Å². The van der Waals surface area contributed by atoms with E-state index in [1.165, 1.54) is 29.4 Å². The summed E-state index contributed by atoms with van der Waals surface area (Å²) in [6.07, 6.45) is 1.50. The maximum atomic E-state index is 13.6.